The lowest BCUT2D eigenvalue weighted by Gasteiger charge is -2.12. The van der Waals surface area contributed by atoms with Crippen molar-refractivity contribution in [2.45, 2.75) is 39.2 Å². The Balaban J connectivity index is 3.35. The van der Waals surface area contributed by atoms with Gasteiger partial charge in [0.1, 0.15) is 0 Å². The lowest BCUT2D eigenvalue weighted by Crippen LogP contribution is -2.10. The monoisotopic (exact) mass is 155 g/mol. The molecular formula is C10H19O. The van der Waals surface area contributed by atoms with Crippen molar-refractivity contribution in [3.8, 4) is 0 Å². The van der Waals surface area contributed by atoms with Crippen LogP contribution >= 0.6 is 0 Å². The molecule has 0 heterocycles. The summed E-state index contributed by atoms with van der Waals surface area (Å²) in [5, 5.41) is 0. The zero-order valence-electron chi connectivity index (χ0n) is 7.68. The standard InChI is InChI=1S/C10H19O/c1-4-7-9-11-10(6-3)8-5-2/h4,7,10H,1,5-6,8-9H2,2-3H3. The van der Waals surface area contributed by atoms with Crippen molar-refractivity contribution in [2.24, 2.45) is 0 Å². The van der Waals surface area contributed by atoms with Crippen LogP contribution in [0.3, 0.4) is 0 Å². The topological polar surface area (TPSA) is 9.23 Å². The number of hydrogen-bond acceptors (Lipinski definition) is 1. The first-order chi connectivity index (χ1) is 5.35. The molecule has 0 N–H and O–H groups in total. The summed E-state index contributed by atoms with van der Waals surface area (Å²) in [6, 6.07) is 0. The van der Waals surface area contributed by atoms with E-state index in [9.17, 15) is 0 Å². The molecule has 0 saturated heterocycles. The van der Waals surface area contributed by atoms with Crippen LogP contribution in [0.5, 0.6) is 0 Å². The van der Waals surface area contributed by atoms with Crippen molar-refractivity contribution in [1.29, 1.82) is 0 Å². The van der Waals surface area contributed by atoms with Gasteiger partial charge >= 0.3 is 0 Å². The van der Waals surface area contributed by atoms with Crippen LogP contribution in [-0.4, -0.2) is 12.7 Å². The van der Waals surface area contributed by atoms with Crippen LogP contribution in [-0.2, 0) is 4.74 Å². The van der Waals surface area contributed by atoms with Crippen molar-refractivity contribution < 1.29 is 4.74 Å². The molecule has 0 bridgehead atoms. The van der Waals surface area contributed by atoms with E-state index in [4.69, 9.17) is 4.74 Å². The maximum absolute atomic E-state index is 5.55. The third-order valence-corrected chi connectivity index (χ3v) is 1.66. The molecule has 0 aliphatic carbocycles. The minimum absolute atomic E-state index is 0.441. The molecule has 0 saturated carbocycles. The van der Waals surface area contributed by atoms with E-state index in [1.165, 1.54) is 12.8 Å². The van der Waals surface area contributed by atoms with Crippen molar-refractivity contribution in [1.82, 2.24) is 0 Å². The second-order valence-corrected chi connectivity index (χ2v) is 2.62. The van der Waals surface area contributed by atoms with Gasteiger partial charge in [0.2, 0.25) is 0 Å². The predicted octanol–water partition coefficient (Wildman–Crippen LogP) is 2.97. The van der Waals surface area contributed by atoms with E-state index < -0.39 is 0 Å². The normalized spacial score (nSPS) is 14.1. The highest BCUT2D eigenvalue weighted by molar-refractivity contribution is 4.83. The zero-order valence-corrected chi connectivity index (χ0v) is 7.68. The molecule has 1 nitrogen and oxygen atoms in total. The van der Waals surface area contributed by atoms with Crippen LogP contribution in [0.4, 0.5) is 0 Å². The fraction of sp³-hybridized carbons (Fsp3) is 0.700. The Bertz CT molecular complexity index is 97.0. The highest BCUT2D eigenvalue weighted by Crippen LogP contribution is 2.05. The van der Waals surface area contributed by atoms with E-state index >= 15 is 0 Å². The molecule has 0 aromatic heterocycles. The quantitative estimate of drug-likeness (QED) is 0.573. The van der Waals surface area contributed by atoms with Gasteiger partial charge in [-0.2, -0.15) is 0 Å². The number of ether oxygens (including phenoxy) is 1. The maximum Gasteiger partial charge on any atom is 0.0651 e. The van der Waals surface area contributed by atoms with Gasteiger partial charge in [0.25, 0.3) is 0 Å². The minimum atomic E-state index is 0.441. The molecule has 1 heteroatoms. The molecule has 0 fully saturated rings. The average molecular weight is 155 g/mol. The van der Waals surface area contributed by atoms with Crippen molar-refractivity contribution in [3.05, 3.63) is 19.1 Å². The third kappa shape index (κ3) is 6.11. The van der Waals surface area contributed by atoms with E-state index in [0.717, 1.165) is 6.42 Å². The SMILES string of the molecule is [CH2]C=CCOC(CC)CCC. The summed E-state index contributed by atoms with van der Waals surface area (Å²) in [6.07, 6.45) is 7.64. The Morgan fingerprint density at radius 1 is 1.45 bits per heavy atom. The van der Waals surface area contributed by atoms with E-state index in [0.29, 0.717) is 12.7 Å². The molecule has 0 aromatic rings. The first-order valence-corrected chi connectivity index (χ1v) is 4.40. The summed E-state index contributed by atoms with van der Waals surface area (Å²) in [5.74, 6) is 0. The van der Waals surface area contributed by atoms with Crippen molar-refractivity contribution in [3.63, 3.8) is 0 Å². The third-order valence-electron chi connectivity index (χ3n) is 1.66. The first-order valence-electron chi connectivity index (χ1n) is 4.40. The molecule has 0 aliphatic heterocycles. The number of rotatable bonds is 6. The Hall–Kier alpha value is -0.300. The lowest BCUT2D eigenvalue weighted by molar-refractivity contribution is 0.0645. The largest absolute Gasteiger partial charge is 0.374 e. The smallest absolute Gasteiger partial charge is 0.0651 e. The molecule has 65 valence electrons. The Morgan fingerprint density at radius 3 is 2.64 bits per heavy atom. The minimum Gasteiger partial charge on any atom is -0.374 e. The van der Waals surface area contributed by atoms with Crippen LogP contribution in [0.2, 0.25) is 0 Å². The fourth-order valence-electron chi connectivity index (χ4n) is 0.987. The predicted molar refractivity (Wildman–Crippen MR) is 49.4 cm³/mol. The Morgan fingerprint density at radius 2 is 2.18 bits per heavy atom. The van der Waals surface area contributed by atoms with Gasteiger partial charge in [-0.3, -0.25) is 0 Å². The van der Waals surface area contributed by atoms with Crippen LogP contribution in [0.1, 0.15) is 33.1 Å². The number of hydrogen-bond donors (Lipinski definition) is 0. The summed E-state index contributed by atoms with van der Waals surface area (Å²) in [7, 11) is 0. The van der Waals surface area contributed by atoms with Gasteiger partial charge in [-0.15, -0.1) is 0 Å². The highest BCUT2D eigenvalue weighted by atomic mass is 16.5. The second-order valence-electron chi connectivity index (χ2n) is 2.62. The summed E-state index contributed by atoms with van der Waals surface area (Å²) in [6.45, 7) is 8.65. The van der Waals surface area contributed by atoms with E-state index in [1.54, 1.807) is 6.08 Å². The molecule has 1 atom stereocenters. The van der Waals surface area contributed by atoms with Crippen LogP contribution in [0.15, 0.2) is 12.2 Å². The summed E-state index contributed by atoms with van der Waals surface area (Å²) < 4.78 is 5.55. The van der Waals surface area contributed by atoms with E-state index in [1.807, 2.05) is 6.08 Å². The highest BCUT2D eigenvalue weighted by Gasteiger charge is 2.02. The molecule has 0 aliphatic rings. The van der Waals surface area contributed by atoms with Crippen molar-refractivity contribution in [2.75, 3.05) is 6.61 Å². The van der Waals surface area contributed by atoms with Gasteiger partial charge < -0.3 is 4.74 Å². The molecule has 1 radical (unpaired) electrons. The van der Waals surface area contributed by atoms with Gasteiger partial charge in [0, 0.05) is 0 Å². The summed E-state index contributed by atoms with van der Waals surface area (Å²) in [5.41, 5.74) is 0. The van der Waals surface area contributed by atoms with E-state index in [-0.39, 0.29) is 0 Å². The van der Waals surface area contributed by atoms with Gasteiger partial charge in [-0.05, 0) is 19.8 Å². The Labute approximate surface area is 70.4 Å². The van der Waals surface area contributed by atoms with Gasteiger partial charge in [0.05, 0.1) is 12.7 Å². The molecule has 0 amide bonds. The molecule has 0 aromatic carbocycles. The molecule has 0 rings (SSSR count). The van der Waals surface area contributed by atoms with Gasteiger partial charge in [0.15, 0.2) is 0 Å². The summed E-state index contributed by atoms with van der Waals surface area (Å²) >= 11 is 0. The van der Waals surface area contributed by atoms with Gasteiger partial charge in [-0.1, -0.05) is 32.4 Å². The fourth-order valence-corrected chi connectivity index (χ4v) is 0.987. The zero-order chi connectivity index (χ0) is 8.53. The lowest BCUT2D eigenvalue weighted by atomic mass is 10.2. The van der Waals surface area contributed by atoms with Crippen LogP contribution in [0.25, 0.3) is 0 Å². The second kappa shape index (κ2) is 7.80. The summed E-state index contributed by atoms with van der Waals surface area (Å²) in [4.78, 5) is 0. The first kappa shape index (κ1) is 10.7. The van der Waals surface area contributed by atoms with Gasteiger partial charge in [-0.25, -0.2) is 0 Å². The van der Waals surface area contributed by atoms with E-state index in [2.05, 4.69) is 20.8 Å². The molecule has 1 unspecified atom stereocenters. The molecule has 11 heavy (non-hydrogen) atoms. The molecule has 0 spiro atoms. The molecular weight excluding hydrogens is 136 g/mol. The van der Waals surface area contributed by atoms with Crippen molar-refractivity contribution >= 4 is 0 Å². The van der Waals surface area contributed by atoms with Crippen LogP contribution in [0, 0.1) is 6.92 Å². The Kier molecular flexibility index (Phi) is 7.59. The van der Waals surface area contributed by atoms with Crippen LogP contribution < -0.4 is 0 Å². The average Bonchev–Trinajstić information content (AvgIpc) is 2.03. The number of allylic oxidation sites excluding steroid dienone is 1. The maximum atomic E-state index is 5.55.